The number of hydrogen-bond acceptors (Lipinski definition) is 3. The lowest BCUT2D eigenvalue weighted by Gasteiger charge is -2.29. The van der Waals surface area contributed by atoms with Gasteiger partial charge >= 0.3 is 12.0 Å². The molecule has 0 unspecified atom stereocenters. The molecule has 0 aromatic heterocycles. The van der Waals surface area contributed by atoms with Gasteiger partial charge in [0.2, 0.25) is 0 Å². The number of rotatable bonds is 4. The van der Waals surface area contributed by atoms with Crippen LogP contribution in [0.1, 0.15) is 38.8 Å². The highest BCUT2D eigenvalue weighted by Gasteiger charge is 2.32. The highest BCUT2D eigenvalue weighted by atomic mass is 79.9. The molecule has 1 heterocycles. The van der Waals surface area contributed by atoms with Crippen LogP contribution in [0, 0.1) is 0 Å². The third-order valence-corrected chi connectivity index (χ3v) is 4.05. The number of hydrogen-bond donors (Lipinski definition) is 2. The summed E-state index contributed by atoms with van der Waals surface area (Å²) in [7, 11) is 0. The van der Waals surface area contributed by atoms with Crippen LogP contribution in [0.2, 0.25) is 0 Å². The van der Waals surface area contributed by atoms with Gasteiger partial charge in [0.25, 0.3) is 0 Å². The van der Waals surface area contributed by atoms with Crippen molar-refractivity contribution in [2.24, 2.45) is 0 Å². The molecule has 1 aliphatic heterocycles. The standard InChI is InChI=1S/C16H19BrN2O3/c1-4-9(2)22-15(20)13-10(3)18-16(21)19-14(13)11-6-5-7-12(17)8-11/h5-9,14H,4H2,1-3H3,(H2,18,19,21)/t9-,14-/m0/s1. The average Bonchev–Trinajstić information content (AvgIpc) is 2.46. The largest absolute Gasteiger partial charge is 0.459 e. The van der Waals surface area contributed by atoms with Crippen molar-refractivity contribution in [3.05, 3.63) is 45.6 Å². The van der Waals surface area contributed by atoms with Crippen molar-refractivity contribution in [3.63, 3.8) is 0 Å². The highest BCUT2D eigenvalue weighted by molar-refractivity contribution is 9.10. The molecule has 0 bridgehead atoms. The summed E-state index contributed by atoms with van der Waals surface area (Å²) in [6.45, 7) is 5.50. The normalized spacial score (nSPS) is 19.3. The molecular formula is C16H19BrN2O3. The minimum absolute atomic E-state index is 0.173. The lowest BCUT2D eigenvalue weighted by molar-refractivity contribution is -0.144. The first-order chi connectivity index (χ1) is 10.4. The zero-order chi connectivity index (χ0) is 16.3. The van der Waals surface area contributed by atoms with Gasteiger partial charge in [-0.3, -0.25) is 0 Å². The number of carbonyl (C=O) groups is 2. The Morgan fingerprint density at radius 1 is 1.45 bits per heavy atom. The van der Waals surface area contributed by atoms with Crippen LogP contribution in [-0.2, 0) is 9.53 Å². The van der Waals surface area contributed by atoms with Crippen molar-refractivity contribution in [1.29, 1.82) is 0 Å². The predicted molar refractivity (Wildman–Crippen MR) is 87.1 cm³/mol. The fraction of sp³-hybridized carbons (Fsp3) is 0.375. The summed E-state index contributed by atoms with van der Waals surface area (Å²) in [5.41, 5.74) is 1.76. The van der Waals surface area contributed by atoms with Crippen LogP contribution in [0.4, 0.5) is 4.79 Å². The molecule has 5 nitrogen and oxygen atoms in total. The zero-order valence-corrected chi connectivity index (χ0v) is 14.4. The maximum absolute atomic E-state index is 12.5. The first-order valence-electron chi connectivity index (χ1n) is 7.17. The van der Waals surface area contributed by atoms with Crippen molar-refractivity contribution >= 4 is 27.9 Å². The monoisotopic (exact) mass is 366 g/mol. The zero-order valence-electron chi connectivity index (χ0n) is 12.8. The van der Waals surface area contributed by atoms with Crippen LogP contribution < -0.4 is 10.6 Å². The van der Waals surface area contributed by atoms with E-state index in [0.29, 0.717) is 11.3 Å². The number of urea groups is 1. The number of allylic oxidation sites excluding steroid dienone is 1. The van der Waals surface area contributed by atoms with Gasteiger partial charge < -0.3 is 15.4 Å². The Hall–Kier alpha value is -1.82. The molecule has 1 aromatic rings. The van der Waals surface area contributed by atoms with Gasteiger partial charge in [-0.05, 0) is 38.0 Å². The third kappa shape index (κ3) is 3.68. The van der Waals surface area contributed by atoms with Gasteiger partial charge in [0.05, 0.1) is 17.7 Å². The van der Waals surface area contributed by atoms with Gasteiger partial charge in [-0.25, -0.2) is 9.59 Å². The summed E-state index contributed by atoms with van der Waals surface area (Å²) in [4.78, 5) is 24.2. The van der Waals surface area contributed by atoms with Crippen LogP contribution in [0.15, 0.2) is 40.0 Å². The number of amides is 2. The Morgan fingerprint density at radius 3 is 2.82 bits per heavy atom. The molecule has 0 aliphatic carbocycles. The van der Waals surface area contributed by atoms with E-state index < -0.39 is 12.0 Å². The Morgan fingerprint density at radius 2 is 2.18 bits per heavy atom. The number of esters is 1. The summed E-state index contributed by atoms with van der Waals surface area (Å²) in [6, 6.07) is 6.64. The lowest BCUT2D eigenvalue weighted by Crippen LogP contribution is -2.45. The fourth-order valence-corrected chi connectivity index (χ4v) is 2.65. The van der Waals surface area contributed by atoms with Gasteiger partial charge in [0.1, 0.15) is 0 Å². The molecule has 0 saturated heterocycles. The van der Waals surface area contributed by atoms with E-state index in [9.17, 15) is 9.59 Å². The van der Waals surface area contributed by atoms with Gasteiger partial charge in [-0.2, -0.15) is 0 Å². The fourth-order valence-electron chi connectivity index (χ4n) is 2.23. The second kappa shape index (κ2) is 6.96. The number of carbonyl (C=O) groups excluding carboxylic acids is 2. The average molecular weight is 367 g/mol. The number of benzene rings is 1. The van der Waals surface area contributed by atoms with E-state index in [1.807, 2.05) is 38.1 Å². The Balaban J connectivity index is 2.39. The van der Waals surface area contributed by atoms with Crippen LogP contribution >= 0.6 is 15.9 Å². The van der Waals surface area contributed by atoms with E-state index in [2.05, 4.69) is 26.6 Å². The SMILES string of the molecule is CC[C@H](C)OC(=O)C1=C(C)NC(=O)N[C@H]1c1cccc(Br)c1. The molecule has 0 saturated carbocycles. The third-order valence-electron chi connectivity index (χ3n) is 3.55. The van der Waals surface area contributed by atoms with E-state index in [4.69, 9.17) is 4.74 Å². The summed E-state index contributed by atoms with van der Waals surface area (Å²) in [5, 5.41) is 5.42. The van der Waals surface area contributed by atoms with Crippen molar-refractivity contribution in [3.8, 4) is 0 Å². The van der Waals surface area contributed by atoms with Crippen LogP contribution in [0.3, 0.4) is 0 Å². The summed E-state index contributed by atoms with van der Waals surface area (Å²) >= 11 is 3.41. The van der Waals surface area contributed by atoms with Crippen molar-refractivity contribution < 1.29 is 14.3 Å². The second-order valence-electron chi connectivity index (χ2n) is 5.25. The molecular weight excluding hydrogens is 348 g/mol. The quantitative estimate of drug-likeness (QED) is 0.802. The van der Waals surface area contributed by atoms with Crippen LogP contribution in [0.25, 0.3) is 0 Å². The Kier molecular flexibility index (Phi) is 5.24. The molecule has 2 rings (SSSR count). The molecule has 6 heteroatoms. The van der Waals surface area contributed by atoms with Gasteiger partial charge in [-0.15, -0.1) is 0 Å². The van der Waals surface area contributed by atoms with E-state index in [1.165, 1.54) is 0 Å². The van der Waals surface area contributed by atoms with Crippen LogP contribution in [-0.4, -0.2) is 18.1 Å². The minimum Gasteiger partial charge on any atom is -0.459 e. The molecule has 2 atom stereocenters. The first kappa shape index (κ1) is 16.5. The Labute approximate surface area is 138 Å². The number of halogens is 1. The summed E-state index contributed by atoms with van der Waals surface area (Å²) < 4.78 is 6.31. The highest BCUT2D eigenvalue weighted by Crippen LogP contribution is 2.29. The minimum atomic E-state index is -0.525. The molecule has 1 aromatic carbocycles. The molecule has 22 heavy (non-hydrogen) atoms. The van der Waals surface area contributed by atoms with E-state index in [-0.39, 0.29) is 12.1 Å². The second-order valence-corrected chi connectivity index (χ2v) is 6.17. The van der Waals surface area contributed by atoms with E-state index in [1.54, 1.807) is 6.92 Å². The molecule has 0 fully saturated rings. The molecule has 0 spiro atoms. The molecule has 118 valence electrons. The van der Waals surface area contributed by atoms with Crippen LogP contribution in [0.5, 0.6) is 0 Å². The maximum atomic E-state index is 12.5. The summed E-state index contributed by atoms with van der Waals surface area (Å²) in [5.74, 6) is -0.413. The van der Waals surface area contributed by atoms with E-state index in [0.717, 1.165) is 16.5 Å². The lowest BCUT2D eigenvalue weighted by atomic mass is 9.95. The van der Waals surface area contributed by atoms with Crippen molar-refractivity contribution in [2.75, 3.05) is 0 Å². The first-order valence-corrected chi connectivity index (χ1v) is 7.96. The van der Waals surface area contributed by atoms with E-state index >= 15 is 0 Å². The maximum Gasteiger partial charge on any atom is 0.338 e. The summed E-state index contributed by atoms with van der Waals surface area (Å²) in [6.07, 6.45) is 0.563. The molecule has 2 amide bonds. The Bertz CT molecular complexity index is 628. The molecule has 2 N–H and O–H groups in total. The van der Waals surface area contributed by atoms with Gasteiger partial charge in [-0.1, -0.05) is 35.0 Å². The van der Waals surface area contributed by atoms with Crippen molar-refractivity contribution in [2.45, 2.75) is 39.3 Å². The van der Waals surface area contributed by atoms with Crippen molar-refractivity contribution in [1.82, 2.24) is 10.6 Å². The smallest absolute Gasteiger partial charge is 0.338 e. The topological polar surface area (TPSA) is 67.4 Å². The molecule has 0 radical (unpaired) electrons. The molecule has 1 aliphatic rings. The van der Waals surface area contributed by atoms with Gasteiger partial charge in [0, 0.05) is 10.2 Å². The predicted octanol–water partition coefficient (Wildman–Crippen LogP) is 3.42. The van der Waals surface area contributed by atoms with Gasteiger partial charge in [0.15, 0.2) is 0 Å². The number of nitrogens with one attached hydrogen (secondary N) is 2. The number of ether oxygens (including phenoxy) is 1.